The molecule has 45 heavy (non-hydrogen) atoms. The molecule has 9 nitrogen and oxygen atoms in total. The topological polar surface area (TPSA) is 160 Å². The third-order valence-corrected chi connectivity index (χ3v) is 14.4. The Balaban J connectivity index is 1.54. The van der Waals surface area contributed by atoms with Gasteiger partial charge in [0.1, 0.15) is 24.4 Å². The molecule has 5 rings (SSSR count). The van der Waals surface area contributed by atoms with E-state index in [1.54, 1.807) is 0 Å². The van der Waals surface area contributed by atoms with Crippen molar-refractivity contribution >= 4 is 0 Å². The summed E-state index contributed by atoms with van der Waals surface area (Å²) >= 11 is 0. The highest BCUT2D eigenvalue weighted by Gasteiger charge is 2.73. The second kappa shape index (κ2) is 12.1. The molecule has 0 aromatic rings. The van der Waals surface area contributed by atoms with Crippen LogP contribution in [0.4, 0.5) is 0 Å². The van der Waals surface area contributed by atoms with Gasteiger partial charge in [-0.25, -0.2) is 0 Å². The van der Waals surface area contributed by atoms with Crippen molar-refractivity contribution in [2.24, 2.45) is 45.3 Å². The first-order valence-corrected chi connectivity index (χ1v) is 17.4. The Morgan fingerprint density at radius 3 is 2.22 bits per heavy atom. The van der Waals surface area contributed by atoms with E-state index < -0.39 is 66.6 Å². The standard InChI is InChI=1S/C36H62O9/c1-19(2)10-9-13-36(8,43)20-11-15-34(6)26(20)21(38)16-24-33(5)14-12-25(39)32(3,4)30(33)22(17-35(24,34)7)44-31-29(42)28(41)27(40)23(18-37)45-31/h10,20-31,37-43H,9,11-18H2,1-8H3/t20-,21?,22-,23+,24+,25?,26-,27+,28-,29+,30-,31+,33+,34+,35+,36-/m0/s1. The average Bonchev–Trinajstić information content (AvgIpc) is 3.33. The molecule has 0 radical (unpaired) electrons. The molecular formula is C36H62O9. The fourth-order valence-corrected chi connectivity index (χ4v) is 11.9. The van der Waals surface area contributed by atoms with Crippen LogP contribution in [0.5, 0.6) is 0 Å². The van der Waals surface area contributed by atoms with Gasteiger partial charge in [0, 0.05) is 0 Å². The molecule has 0 amide bonds. The van der Waals surface area contributed by atoms with Gasteiger partial charge in [0.15, 0.2) is 6.29 Å². The van der Waals surface area contributed by atoms with Crippen molar-refractivity contribution in [1.82, 2.24) is 0 Å². The van der Waals surface area contributed by atoms with Crippen LogP contribution in [0.15, 0.2) is 11.6 Å². The fraction of sp³-hybridized carbons (Fsp3) is 0.944. The zero-order valence-corrected chi connectivity index (χ0v) is 28.8. The van der Waals surface area contributed by atoms with Crippen LogP contribution in [0.1, 0.15) is 107 Å². The maximum Gasteiger partial charge on any atom is 0.186 e. The number of rotatable bonds is 7. The minimum Gasteiger partial charge on any atom is -0.394 e. The molecule has 0 aromatic carbocycles. The van der Waals surface area contributed by atoms with Crippen LogP contribution in [0, 0.1) is 45.3 Å². The lowest BCUT2D eigenvalue weighted by atomic mass is 9.34. The second-order valence-electron chi connectivity index (χ2n) is 17.5. The van der Waals surface area contributed by atoms with E-state index in [0.717, 1.165) is 25.7 Å². The molecular weight excluding hydrogens is 576 g/mol. The van der Waals surface area contributed by atoms with Gasteiger partial charge in [-0.15, -0.1) is 0 Å². The average molecular weight is 639 g/mol. The number of allylic oxidation sites excluding steroid dienone is 2. The number of hydrogen-bond acceptors (Lipinski definition) is 9. The van der Waals surface area contributed by atoms with E-state index in [0.29, 0.717) is 25.7 Å². The van der Waals surface area contributed by atoms with E-state index in [2.05, 4.69) is 54.5 Å². The minimum absolute atomic E-state index is 0.0548. The summed E-state index contributed by atoms with van der Waals surface area (Å²) in [7, 11) is 0. The first-order chi connectivity index (χ1) is 20.8. The molecule has 7 N–H and O–H groups in total. The van der Waals surface area contributed by atoms with Crippen LogP contribution in [0.2, 0.25) is 0 Å². The minimum atomic E-state index is -1.54. The summed E-state index contributed by atoms with van der Waals surface area (Å²) in [6.45, 7) is 16.6. The first-order valence-electron chi connectivity index (χ1n) is 17.4. The number of aliphatic hydroxyl groups excluding tert-OH is 6. The summed E-state index contributed by atoms with van der Waals surface area (Å²) in [4.78, 5) is 0. The van der Waals surface area contributed by atoms with Crippen molar-refractivity contribution in [1.29, 1.82) is 0 Å². The molecule has 0 aromatic heterocycles. The Morgan fingerprint density at radius 2 is 1.60 bits per heavy atom. The third kappa shape index (κ3) is 5.48. The maximum absolute atomic E-state index is 12.1. The summed E-state index contributed by atoms with van der Waals surface area (Å²) in [6.07, 6.45) is -0.603. The lowest BCUT2D eigenvalue weighted by molar-refractivity contribution is -0.346. The van der Waals surface area contributed by atoms with E-state index in [4.69, 9.17) is 9.47 Å². The number of hydrogen-bond donors (Lipinski definition) is 7. The van der Waals surface area contributed by atoms with Gasteiger partial charge < -0.3 is 45.2 Å². The lowest BCUT2D eigenvalue weighted by Gasteiger charge is -2.72. The van der Waals surface area contributed by atoms with Crippen LogP contribution >= 0.6 is 0 Å². The van der Waals surface area contributed by atoms with E-state index >= 15 is 0 Å². The molecule has 0 spiro atoms. The molecule has 1 saturated heterocycles. The molecule has 0 bridgehead atoms. The summed E-state index contributed by atoms with van der Waals surface area (Å²) < 4.78 is 12.6. The summed E-state index contributed by atoms with van der Waals surface area (Å²) in [6, 6.07) is 0. The summed E-state index contributed by atoms with van der Waals surface area (Å²) in [5.74, 6) is -0.186. The Morgan fingerprint density at radius 1 is 0.933 bits per heavy atom. The fourth-order valence-electron chi connectivity index (χ4n) is 11.9. The van der Waals surface area contributed by atoms with Crippen LogP contribution in [0.3, 0.4) is 0 Å². The number of fused-ring (bicyclic) bond motifs is 5. The largest absolute Gasteiger partial charge is 0.394 e. The first kappa shape index (κ1) is 35.7. The van der Waals surface area contributed by atoms with Crippen molar-refractivity contribution in [3.05, 3.63) is 11.6 Å². The van der Waals surface area contributed by atoms with E-state index in [-0.39, 0.29) is 39.9 Å². The molecule has 9 heteroatoms. The van der Waals surface area contributed by atoms with Crippen LogP contribution < -0.4 is 0 Å². The smallest absolute Gasteiger partial charge is 0.186 e. The maximum atomic E-state index is 12.1. The molecule has 16 atom stereocenters. The van der Waals surface area contributed by atoms with E-state index in [1.165, 1.54) is 5.57 Å². The zero-order chi connectivity index (χ0) is 33.5. The van der Waals surface area contributed by atoms with Crippen molar-refractivity contribution in [2.75, 3.05) is 6.61 Å². The highest BCUT2D eigenvalue weighted by atomic mass is 16.7. The van der Waals surface area contributed by atoms with Gasteiger partial charge in [-0.1, -0.05) is 46.3 Å². The number of aliphatic hydroxyl groups is 7. The Hall–Kier alpha value is -0.620. The molecule has 260 valence electrons. The third-order valence-electron chi connectivity index (χ3n) is 14.4. The monoisotopic (exact) mass is 638 g/mol. The molecule has 2 unspecified atom stereocenters. The normalized spacial score (nSPS) is 52.2. The number of ether oxygens (including phenoxy) is 2. The van der Waals surface area contributed by atoms with E-state index in [9.17, 15) is 35.7 Å². The van der Waals surface area contributed by atoms with Crippen LogP contribution in [-0.2, 0) is 9.47 Å². The summed E-state index contributed by atoms with van der Waals surface area (Å²) in [5, 5.41) is 77.2. The highest BCUT2D eigenvalue weighted by molar-refractivity contribution is 5.22. The van der Waals surface area contributed by atoms with Crippen molar-refractivity contribution < 1.29 is 45.2 Å². The van der Waals surface area contributed by atoms with Crippen molar-refractivity contribution in [2.45, 2.75) is 161 Å². The van der Waals surface area contributed by atoms with Gasteiger partial charge >= 0.3 is 0 Å². The molecule has 1 aliphatic heterocycles. The van der Waals surface area contributed by atoms with Crippen molar-refractivity contribution in [3.8, 4) is 0 Å². The Kier molecular flexibility index (Phi) is 9.56. The van der Waals surface area contributed by atoms with Gasteiger partial charge in [-0.2, -0.15) is 0 Å². The second-order valence-corrected chi connectivity index (χ2v) is 17.5. The van der Waals surface area contributed by atoms with Crippen LogP contribution in [0.25, 0.3) is 0 Å². The lowest BCUT2D eigenvalue weighted by Crippen LogP contribution is -2.71. The highest BCUT2D eigenvalue weighted by Crippen LogP contribution is 2.76. The Labute approximate surface area is 270 Å². The van der Waals surface area contributed by atoms with Gasteiger partial charge in [0.25, 0.3) is 0 Å². The van der Waals surface area contributed by atoms with Gasteiger partial charge in [0.2, 0.25) is 0 Å². The van der Waals surface area contributed by atoms with Gasteiger partial charge in [-0.05, 0) is 117 Å². The predicted molar refractivity (Wildman–Crippen MR) is 170 cm³/mol. The van der Waals surface area contributed by atoms with Gasteiger partial charge in [-0.3, -0.25) is 0 Å². The van der Waals surface area contributed by atoms with E-state index in [1.807, 2.05) is 6.92 Å². The summed E-state index contributed by atoms with van der Waals surface area (Å²) in [5.41, 5.74) is -1.21. The zero-order valence-electron chi connectivity index (χ0n) is 28.8. The molecule has 5 fully saturated rings. The molecule has 4 saturated carbocycles. The molecule has 5 aliphatic rings. The van der Waals surface area contributed by atoms with Crippen molar-refractivity contribution in [3.63, 3.8) is 0 Å². The van der Waals surface area contributed by atoms with Gasteiger partial charge in [0.05, 0.1) is 30.5 Å². The van der Waals surface area contributed by atoms with Crippen LogP contribution in [-0.4, -0.2) is 97.0 Å². The predicted octanol–water partition coefficient (Wildman–Crippen LogP) is 3.30. The quantitative estimate of drug-likeness (QED) is 0.164. The SMILES string of the molecule is CC(C)=CCC[C@](C)(O)[C@H]1CC[C@]2(C)[C@@H]1C(O)C[C@@H]1[C@@]3(C)CCC(O)C(C)(C)[C@@H]3[C@@H](O[C@@H]3O[C@H](CO)[C@@H](O)[C@H](O)[C@H]3O)C[C@]12C. The molecule has 4 aliphatic carbocycles. The Bertz CT molecular complexity index is 1100. The molecule has 1 heterocycles.